The summed E-state index contributed by atoms with van der Waals surface area (Å²) in [4.78, 5) is 26.1. The summed E-state index contributed by atoms with van der Waals surface area (Å²) >= 11 is 0. The van der Waals surface area contributed by atoms with Gasteiger partial charge in [-0.1, -0.05) is 18.2 Å². The zero-order valence-corrected chi connectivity index (χ0v) is 8.98. The molecule has 1 saturated heterocycles. The molecule has 1 unspecified atom stereocenters. The molecule has 1 amide bonds. The van der Waals surface area contributed by atoms with Crippen LogP contribution < -0.4 is 0 Å². The number of nitrogens with zero attached hydrogens (tertiary/aromatic N) is 1. The summed E-state index contributed by atoms with van der Waals surface area (Å²) in [7, 11) is 0. The van der Waals surface area contributed by atoms with Crippen LogP contribution in [-0.4, -0.2) is 29.2 Å². The fourth-order valence-electron chi connectivity index (χ4n) is 2.67. The van der Waals surface area contributed by atoms with Crippen molar-refractivity contribution in [3.05, 3.63) is 35.4 Å². The first-order valence-corrected chi connectivity index (χ1v) is 5.73. The molecule has 82 valence electrons. The van der Waals surface area contributed by atoms with Crippen LogP contribution in [0.25, 0.3) is 0 Å². The Morgan fingerprint density at radius 3 is 2.62 bits per heavy atom. The summed E-state index contributed by atoms with van der Waals surface area (Å²) in [6, 6.07) is 6.95. The molecule has 3 rings (SSSR count). The third kappa shape index (κ3) is 1.21. The number of carbonyl (C=O) groups excluding carboxylic acids is 2. The molecule has 0 N–H and O–H groups in total. The van der Waals surface area contributed by atoms with E-state index in [-0.39, 0.29) is 17.7 Å². The summed E-state index contributed by atoms with van der Waals surface area (Å²) in [5, 5.41) is 0. The molecule has 1 atom stereocenters. The maximum absolute atomic E-state index is 12.2. The fourth-order valence-corrected chi connectivity index (χ4v) is 2.67. The average Bonchev–Trinajstić information content (AvgIpc) is 2.36. The highest BCUT2D eigenvalue weighted by Crippen LogP contribution is 2.29. The predicted octanol–water partition coefficient (Wildman–Crippen LogP) is 1.88. The Morgan fingerprint density at radius 2 is 1.81 bits per heavy atom. The number of Topliss-reactive ketones (excluding diaryl/α,β-unsaturated/α-hetero) is 1. The molecule has 2 aliphatic rings. The van der Waals surface area contributed by atoms with Crippen molar-refractivity contribution in [3.8, 4) is 0 Å². The number of piperidine rings is 1. The van der Waals surface area contributed by atoms with E-state index in [2.05, 4.69) is 0 Å². The molecule has 3 heteroatoms. The number of hydrogen-bond acceptors (Lipinski definition) is 2. The van der Waals surface area contributed by atoms with Crippen molar-refractivity contribution in [1.29, 1.82) is 0 Å². The van der Waals surface area contributed by atoms with Crippen LogP contribution in [0.5, 0.6) is 0 Å². The van der Waals surface area contributed by atoms with E-state index in [4.69, 9.17) is 0 Å². The third-order valence-electron chi connectivity index (χ3n) is 3.49. The van der Waals surface area contributed by atoms with Gasteiger partial charge in [0.25, 0.3) is 5.91 Å². The number of amides is 1. The molecule has 1 aromatic carbocycles. The second-order valence-electron chi connectivity index (χ2n) is 4.42. The van der Waals surface area contributed by atoms with Crippen molar-refractivity contribution < 1.29 is 9.59 Å². The first-order valence-electron chi connectivity index (χ1n) is 5.73. The number of rotatable bonds is 0. The predicted molar refractivity (Wildman–Crippen MR) is 59.4 cm³/mol. The minimum atomic E-state index is -0.198. The van der Waals surface area contributed by atoms with Crippen LogP contribution in [-0.2, 0) is 0 Å². The number of ketones is 1. The van der Waals surface area contributed by atoms with Crippen molar-refractivity contribution >= 4 is 11.7 Å². The van der Waals surface area contributed by atoms with E-state index in [1.165, 1.54) is 0 Å². The summed E-state index contributed by atoms with van der Waals surface area (Å²) in [5.74, 6) is 0.148. The largest absolute Gasteiger partial charge is 0.328 e. The zero-order valence-electron chi connectivity index (χ0n) is 8.98. The van der Waals surface area contributed by atoms with E-state index in [1.54, 1.807) is 17.0 Å². The average molecular weight is 215 g/mol. The lowest BCUT2D eigenvalue weighted by atomic mass is 9.87. The summed E-state index contributed by atoms with van der Waals surface area (Å²) in [6.45, 7) is 0.726. The second kappa shape index (κ2) is 3.44. The van der Waals surface area contributed by atoms with Crippen LogP contribution in [0.2, 0.25) is 0 Å². The zero-order chi connectivity index (χ0) is 11.1. The molecule has 16 heavy (non-hydrogen) atoms. The van der Waals surface area contributed by atoms with Crippen LogP contribution in [0, 0.1) is 0 Å². The minimum absolute atomic E-state index is 0.0277. The lowest BCUT2D eigenvalue weighted by Gasteiger charge is -2.38. The van der Waals surface area contributed by atoms with Crippen LogP contribution >= 0.6 is 0 Å². The molecule has 3 nitrogen and oxygen atoms in total. The lowest BCUT2D eigenvalue weighted by Crippen LogP contribution is -2.51. The van der Waals surface area contributed by atoms with E-state index < -0.39 is 0 Å². The Bertz CT molecular complexity index is 424. The molecule has 2 aliphatic heterocycles. The van der Waals surface area contributed by atoms with Gasteiger partial charge in [-0.15, -0.1) is 0 Å². The van der Waals surface area contributed by atoms with Crippen LogP contribution in [0.3, 0.4) is 0 Å². The molecule has 0 bridgehead atoms. The second-order valence-corrected chi connectivity index (χ2v) is 4.42. The van der Waals surface area contributed by atoms with Gasteiger partial charge in [0.1, 0.15) is 0 Å². The number of hydrogen-bond donors (Lipinski definition) is 0. The number of carbonyl (C=O) groups is 2. The highest BCUT2D eigenvalue weighted by Gasteiger charge is 2.39. The van der Waals surface area contributed by atoms with Gasteiger partial charge >= 0.3 is 0 Å². The Hall–Kier alpha value is -1.64. The van der Waals surface area contributed by atoms with Crippen molar-refractivity contribution in [2.24, 2.45) is 0 Å². The van der Waals surface area contributed by atoms with Crippen LogP contribution in [0.15, 0.2) is 24.3 Å². The smallest absolute Gasteiger partial charge is 0.255 e. The highest BCUT2D eigenvalue weighted by atomic mass is 16.2. The fraction of sp³-hybridized carbons (Fsp3) is 0.385. The van der Waals surface area contributed by atoms with E-state index in [0.29, 0.717) is 11.1 Å². The molecule has 1 aromatic rings. The van der Waals surface area contributed by atoms with Gasteiger partial charge in [-0.3, -0.25) is 9.59 Å². The Labute approximate surface area is 94.1 Å². The number of fused-ring (bicyclic) bond motifs is 2. The van der Waals surface area contributed by atoms with Gasteiger partial charge in [0.15, 0.2) is 5.78 Å². The Kier molecular flexibility index (Phi) is 2.06. The van der Waals surface area contributed by atoms with E-state index >= 15 is 0 Å². The first kappa shape index (κ1) is 9.58. The topological polar surface area (TPSA) is 37.4 Å². The van der Waals surface area contributed by atoms with Gasteiger partial charge in [-0.2, -0.15) is 0 Å². The first-order chi connectivity index (χ1) is 7.79. The third-order valence-corrected chi connectivity index (χ3v) is 3.49. The van der Waals surface area contributed by atoms with Gasteiger partial charge < -0.3 is 4.90 Å². The standard InChI is InChI=1S/C13H13NO2/c15-12-9-5-1-2-6-10(9)13(16)14-8-4-3-7-11(12)14/h1-2,5-6,11H,3-4,7-8H2. The van der Waals surface area contributed by atoms with E-state index in [1.807, 2.05) is 12.1 Å². The van der Waals surface area contributed by atoms with Gasteiger partial charge in [0.2, 0.25) is 0 Å². The maximum atomic E-state index is 12.2. The molecule has 0 saturated carbocycles. The van der Waals surface area contributed by atoms with Gasteiger partial charge in [0, 0.05) is 12.1 Å². The Balaban J connectivity index is 2.12. The van der Waals surface area contributed by atoms with E-state index in [0.717, 1.165) is 25.8 Å². The molecule has 1 fully saturated rings. The normalized spacial score (nSPS) is 24.0. The molecule has 2 heterocycles. The highest BCUT2D eigenvalue weighted by molar-refractivity contribution is 6.15. The van der Waals surface area contributed by atoms with Gasteiger partial charge in [-0.05, 0) is 25.3 Å². The minimum Gasteiger partial charge on any atom is -0.328 e. The quantitative estimate of drug-likeness (QED) is 0.662. The van der Waals surface area contributed by atoms with Crippen molar-refractivity contribution in [2.45, 2.75) is 25.3 Å². The molecule has 0 spiro atoms. The molecular weight excluding hydrogens is 202 g/mol. The van der Waals surface area contributed by atoms with Crippen molar-refractivity contribution in [3.63, 3.8) is 0 Å². The molecular formula is C13H13NO2. The number of benzene rings is 1. The van der Waals surface area contributed by atoms with Crippen LogP contribution in [0.1, 0.15) is 40.0 Å². The van der Waals surface area contributed by atoms with Gasteiger partial charge in [-0.25, -0.2) is 0 Å². The summed E-state index contributed by atoms with van der Waals surface area (Å²) in [6.07, 6.45) is 2.87. The van der Waals surface area contributed by atoms with Gasteiger partial charge in [0.05, 0.1) is 11.6 Å². The SMILES string of the molecule is O=C1c2ccccc2C(=O)N2CCCCC12. The molecule has 0 radical (unpaired) electrons. The summed E-state index contributed by atoms with van der Waals surface area (Å²) in [5.41, 5.74) is 1.18. The van der Waals surface area contributed by atoms with Crippen LogP contribution in [0.4, 0.5) is 0 Å². The monoisotopic (exact) mass is 215 g/mol. The summed E-state index contributed by atoms with van der Waals surface area (Å²) < 4.78 is 0. The molecule has 0 aromatic heterocycles. The lowest BCUT2D eigenvalue weighted by molar-refractivity contribution is 0.0513. The van der Waals surface area contributed by atoms with E-state index in [9.17, 15) is 9.59 Å². The maximum Gasteiger partial charge on any atom is 0.255 e. The van der Waals surface area contributed by atoms with Crippen molar-refractivity contribution in [2.75, 3.05) is 6.54 Å². The van der Waals surface area contributed by atoms with Crippen molar-refractivity contribution in [1.82, 2.24) is 4.90 Å². The molecule has 0 aliphatic carbocycles. The Morgan fingerprint density at radius 1 is 1.06 bits per heavy atom.